The lowest BCUT2D eigenvalue weighted by Crippen LogP contribution is -2.31. The molecule has 5 rings (SSSR count). The molecule has 1 amide bonds. The number of aliphatic hydroxyl groups excluding tert-OH is 1. The van der Waals surface area contributed by atoms with Crippen LogP contribution < -0.4 is 14.4 Å². The van der Waals surface area contributed by atoms with Gasteiger partial charge in [-0.15, -0.1) is 0 Å². The monoisotopic (exact) mass is 483 g/mol. The van der Waals surface area contributed by atoms with Gasteiger partial charge in [0.2, 0.25) is 5.78 Å². The Morgan fingerprint density at radius 3 is 2.39 bits per heavy atom. The fraction of sp³-hybridized carbons (Fsp3) is 0.172. The van der Waals surface area contributed by atoms with Gasteiger partial charge < -0.3 is 19.0 Å². The summed E-state index contributed by atoms with van der Waals surface area (Å²) in [5, 5.41) is 11.7. The zero-order chi connectivity index (χ0) is 25.6. The quantitative estimate of drug-likeness (QED) is 0.346. The number of hydrogen-bond donors (Lipinski definition) is 1. The van der Waals surface area contributed by atoms with Gasteiger partial charge >= 0.3 is 0 Å². The number of Topliss-reactive ketones (excluding diaryl/α,β-unsaturated/α-hetero) is 1. The molecular formula is C29H25NO6. The first-order valence-electron chi connectivity index (χ1n) is 11.4. The molecule has 1 aromatic heterocycles. The molecule has 0 saturated carbocycles. The van der Waals surface area contributed by atoms with Gasteiger partial charge in [-0.2, -0.15) is 0 Å². The van der Waals surface area contributed by atoms with Gasteiger partial charge in [-0.05, 0) is 55.3 Å². The van der Waals surface area contributed by atoms with Gasteiger partial charge in [0.1, 0.15) is 5.75 Å². The molecule has 182 valence electrons. The third kappa shape index (κ3) is 3.69. The van der Waals surface area contributed by atoms with E-state index in [-0.39, 0.29) is 11.3 Å². The number of hydrogen-bond acceptors (Lipinski definition) is 6. The minimum absolute atomic E-state index is 0.00448. The number of para-hydroxylation sites is 1. The number of amides is 1. The van der Waals surface area contributed by atoms with E-state index in [4.69, 9.17) is 13.9 Å². The molecule has 4 aromatic rings. The van der Waals surface area contributed by atoms with E-state index in [0.29, 0.717) is 33.7 Å². The van der Waals surface area contributed by atoms with Crippen LogP contribution in [0.15, 0.2) is 82.5 Å². The Bertz CT molecular complexity index is 1530. The second kappa shape index (κ2) is 8.92. The number of fused-ring (bicyclic) bond motifs is 1. The Morgan fingerprint density at radius 2 is 1.72 bits per heavy atom. The van der Waals surface area contributed by atoms with E-state index in [1.807, 2.05) is 32.0 Å². The summed E-state index contributed by atoms with van der Waals surface area (Å²) in [4.78, 5) is 28.8. The molecule has 1 atom stereocenters. The summed E-state index contributed by atoms with van der Waals surface area (Å²) in [5.41, 5.74) is 3.49. The normalized spacial score (nSPS) is 15.6. The predicted molar refractivity (Wildman–Crippen MR) is 136 cm³/mol. The summed E-state index contributed by atoms with van der Waals surface area (Å²) in [6.45, 7) is 3.85. The summed E-state index contributed by atoms with van der Waals surface area (Å²) in [6, 6.07) is 18.8. The fourth-order valence-electron chi connectivity index (χ4n) is 4.70. The molecule has 0 saturated heterocycles. The zero-order valence-corrected chi connectivity index (χ0v) is 20.4. The number of anilines is 1. The number of methoxy groups -OCH3 is 2. The van der Waals surface area contributed by atoms with Crippen molar-refractivity contribution in [2.75, 3.05) is 19.1 Å². The van der Waals surface area contributed by atoms with Crippen LogP contribution in [-0.2, 0) is 4.79 Å². The number of carbonyl (C=O) groups is 2. The number of aryl methyl sites for hydroxylation is 2. The topological polar surface area (TPSA) is 89.2 Å². The molecule has 3 aromatic carbocycles. The molecule has 0 fully saturated rings. The second-order valence-electron chi connectivity index (χ2n) is 8.72. The molecular weight excluding hydrogens is 458 g/mol. The van der Waals surface area contributed by atoms with Crippen molar-refractivity contribution in [3.05, 3.63) is 101 Å². The molecule has 0 radical (unpaired) electrons. The van der Waals surface area contributed by atoms with E-state index in [1.54, 1.807) is 55.6 Å². The highest BCUT2D eigenvalue weighted by molar-refractivity contribution is 6.21. The number of ketones is 1. The fourth-order valence-corrected chi connectivity index (χ4v) is 4.70. The largest absolute Gasteiger partial charge is 0.503 e. The van der Waals surface area contributed by atoms with Crippen LogP contribution in [0, 0.1) is 13.8 Å². The van der Waals surface area contributed by atoms with Gasteiger partial charge in [0, 0.05) is 11.1 Å². The van der Waals surface area contributed by atoms with E-state index in [0.717, 1.165) is 11.1 Å². The van der Waals surface area contributed by atoms with Crippen LogP contribution in [0.2, 0.25) is 0 Å². The van der Waals surface area contributed by atoms with Crippen LogP contribution in [0.25, 0.3) is 11.0 Å². The van der Waals surface area contributed by atoms with Gasteiger partial charge in [-0.25, -0.2) is 0 Å². The van der Waals surface area contributed by atoms with Gasteiger partial charge in [0.15, 0.2) is 22.9 Å². The van der Waals surface area contributed by atoms with Crippen molar-refractivity contribution < 1.29 is 28.6 Å². The van der Waals surface area contributed by atoms with Crippen LogP contribution in [-0.4, -0.2) is 31.0 Å². The van der Waals surface area contributed by atoms with E-state index >= 15 is 0 Å². The first kappa shape index (κ1) is 23.2. The highest BCUT2D eigenvalue weighted by Crippen LogP contribution is 2.44. The highest BCUT2D eigenvalue weighted by Gasteiger charge is 2.45. The second-order valence-corrected chi connectivity index (χ2v) is 8.72. The molecule has 36 heavy (non-hydrogen) atoms. The lowest BCUT2D eigenvalue weighted by molar-refractivity contribution is -0.117. The Kier molecular flexibility index (Phi) is 5.76. The number of benzene rings is 3. The van der Waals surface area contributed by atoms with Gasteiger partial charge in [-0.3, -0.25) is 14.5 Å². The summed E-state index contributed by atoms with van der Waals surface area (Å²) in [5.74, 6) is -0.715. The molecule has 1 aliphatic heterocycles. The standard InChI is InChI=1S/C29H25NO6/c1-16-8-13-21(17(2)14-16)30-25(18-9-11-20(34-3)12-10-18)24(27(32)29(30)33)26(31)23-15-19-6-5-7-22(35-4)28(19)36-23/h5-15,25,32H,1-4H3. The lowest BCUT2D eigenvalue weighted by atomic mass is 9.94. The summed E-state index contributed by atoms with van der Waals surface area (Å²) in [6.07, 6.45) is 0. The Morgan fingerprint density at radius 1 is 0.972 bits per heavy atom. The first-order valence-corrected chi connectivity index (χ1v) is 11.4. The van der Waals surface area contributed by atoms with Gasteiger partial charge in [0.25, 0.3) is 5.91 Å². The summed E-state index contributed by atoms with van der Waals surface area (Å²) in [7, 11) is 3.08. The van der Waals surface area contributed by atoms with Crippen LogP contribution >= 0.6 is 0 Å². The number of nitrogens with zero attached hydrogens (tertiary/aromatic N) is 1. The Hall–Kier alpha value is -4.52. The molecule has 7 heteroatoms. The number of aliphatic hydroxyl groups is 1. The number of furan rings is 1. The van der Waals surface area contributed by atoms with Crippen LogP contribution in [0.4, 0.5) is 5.69 Å². The van der Waals surface area contributed by atoms with E-state index < -0.39 is 23.5 Å². The van der Waals surface area contributed by atoms with Crippen molar-refractivity contribution in [2.45, 2.75) is 19.9 Å². The van der Waals surface area contributed by atoms with Crippen molar-refractivity contribution in [3.8, 4) is 11.5 Å². The maximum atomic E-state index is 13.8. The maximum absolute atomic E-state index is 13.8. The Balaban J connectivity index is 1.67. The molecule has 0 bridgehead atoms. The van der Waals surface area contributed by atoms with Crippen LogP contribution in [0.3, 0.4) is 0 Å². The van der Waals surface area contributed by atoms with Crippen LogP contribution in [0.1, 0.15) is 33.3 Å². The van der Waals surface area contributed by atoms with E-state index in [9.17, 15) is 14.7 Å². The van der Waals surface area contributed by atoms with E-state index in [1.165, 1.54) is 12.0 Å². The van der Waals surface area contributed by atoms with Crippen molar-refractivity contribution >= 4 is 28.3 Å². The first-order chi connectivity index (χ1) is 17.3. The summed E-state index contributed by atoms with van der Waals surface area (Å²) < 4.78 is 16.5. The minimum Gasteiger partial charge on any atom is -0.503 e. The molecule has 1 N–H and O–H groups in total. The van der Waals surface area contributed by atoms with Crippen molar-refractivity contribution in [3.63, 3.8) is 0 Å². The molecule has 0 spiro atoms. The average Bonchev–Trinajstić information content (AvgIpc) is 3.43. The number of ether oxygens (including phenoxy) is 2. The van der Waals surface area contributed by atoms with Crippen molar-refractivity contribution in [1.82, 2.24) is 0 Å². The predicted octanol–water partition coefficient (Wildman–Crippen LogP) is 5.85. The zero-order valence-electron chi connectivity index (χ0n) is 20.4. The van der Waals surface area contributed by atoms with E-state index in [2.05, 4.69) is 0 Å². The minimum atomic E-state index is -0.868. The average molecular weight is 484 g/mol. The maximum Gasteiger partial charge on any atom is 0.294 e. The third-order valence-corrected chi connectivity index (χ3v) is 6.45. The smallest absolute Gasteiger partial charge is 0.294 e. The molecule has 1 aliphatic rings. The molecule has 7 nitrogen and oxygen atoms in total. The lowest BCUT2D eigenvalue weighted by Gasteiger charge is -2.28. The summed E-state index contributed by atoms with van der Waals surface area (Å²) >= 11 is 0. The third-order valence-electron chi connectivity index (χ3n) is 6.45. The highest BCUT2D eigenvalue weighted by atomic mass is 16.5. The van der Waals surface area contributed by atoms with Crippen LogP contribution in [0.5, 0.6) is 11.5 Å². The van der Waals surface area contributed by atoms with Crippen molar-refractivity contribution in [2.24, 2.45) is 0 Å². The SMILES string of the molecule is COc1ccc(C2C(C(=O)c3cc4cccc(OC)c4o3)=C(O)C(=O)N2c2ccc(C)cc2C)cc1. The van der Waals surface area contributed by atoms with Gasteiger partial charge in [0.05, 0.1) is 25.8 Å². The molecule has 2 heterocycles. The Labute approximate surface area is 208 Å². The number of carbonyl (C=O) groups excluding carboxylic acids is 2. The molecule has 1 unspecified atom stereocenters. The molecule has 0 aliphatic carbocycles. The van der Waals surface area contributed by atoms with Gasteiger partial charge in [-0.1, -0.05) is 42.0 Å². The number of rotatable bonds is 6. The van der Waals surface area contributed by atoms with Crippen molar-refractivity contribution in [1.29, 1.82) is 0 Å².